The molecule has 11 nitrogen and oxygen atoms in total. The van der Waals surface area contributed by atoms with Crippen molar-refractivity contribution in [2.45, 2.75) is 51.4 Å². The van der Waals surface area contributed by atoms with Gasteiger partial charge in [-0.05, 0) is 55.2 Å². The first-order valence-corrected chi connectivity index (χ1v) is 16.1. The van der Waals surface area contributed by atoms with Crippen molar-refractivity contribution >= 4 is 29.1 Å². The molecule has 6 rings (SSSR count). The fourth-order valence-electron chi connectivity index (χ4n) is 6.05. The van der Waals surface area contributed by atoms with Gasteiger partial charge in [0, 0.05) is 80.0 Å². The van der Waals surface area contributed by atoms with Crippen LogP contribution in [-0.2, 0) is 17.9 Å². The standard InChI is InChI=1S/C35H38ClN7O4/c1-21-26(4-3-5-28(21)41-34(46)30-9-6-22(16-39-30)19-43-15-13-25(44)20-43)33-32(36)27(12-14-38-33)29-10-7-23(35(42-29)47-2)17-37-18-24-8-11-31(45)40-24/h3-7,9-10,12,14,16,24-25,37,44H,8,11,13,15,17-20H2,1-2H3,(H,40,45)(H,41,46). The molecule has 4 aromatic rings. The van der Waals surface area contributed by atoms with Crippen molar-refractivity contribution in [3.8, 4) is 28.4 Å². The largest absolute Gasteiger partial charge is 0.481 e. The molecule has 0 spiro atoms. The maximum absolute atomic E-state index is 13.2. The first-order chi connectivity index (χ1) is 22.8. The third-order valence-electron chi connectivity index (χ3n) is 8.64. The second kappa shape index (κ2) is 14.6. The minimum atomic E-state index is -0.319. The Morgan fingerprint density at radius 1 is 1.13 bits per heavy atom. The predicted octanol–water partition coefficient (Wildman–Crippen LogP) is 4.36. The van der Waals surface area contributed by atoms with Crippen LogP contribution in [0.1, 0.15) is 46.4 Å². The summed E-state index contributed by atoms with van der Waals surface area (Å²) >= 11 is 6.99. The number of aliphatic hydroxyl groups is 1. The molecule has 244 valence electrons. The number of ether oxygens (including phenoxy) is 1. The summed E-state index contributed by atoms with van der Waals surface area (Å²) in [7, 11) is 1.58. The number of hydrogen-bond donors (Lipinski definition) is 4. The van der Waals surface area contributed by atoms with Gasteiger partial charge in [0.15, 0.2) is 0 Å². The van der Waals surface area contributed by atoms with E-state index in [-0.39, 0.29) is 24.0 Å². The number of rotatable bonds is 11. The Hall–Kier alpha value is -4.42. The average molecular weight is 656 g/mol. The first kappa shape index (κ1) is 32.5. The van der Waals surface area contributed by atoms with Gasteiger partial charge in [0.25, 0.3) is 5.91 Å². The van der Waals surface area contributed by atoms with E-state index in [1.165, 1.54) is 0 Å². The number of benzene rings is 1. The fraction of sp³-hybridized carbons (Fsp3) is 0.343. The van der Waals surface area contributed by atoms with Crippen LogP contribution in [0.2, 0.25) is 5.02 Å². The van der Waals surface area contributed by atoms with E-state index in [0.29, 0.717) is 71.8 Å². The van der Waals surface area contributed by atoms with Gasteiger partial charge in [0.1, 0.15) is 5.69 Å². The summed E-state index contributed by atoms with van der Waals surface area (Å²) in [4.78, 5) is 40.5. The van der Waals surface area contributed by atoms with Gasteiger partial charge >= 0.3 is 0 Å². The summed E-state index contributed by atoms with van der Waals surface area (Å²) in [5.41, 5.74) is 6.30. The van der Waals surface area contributed by atoms with Crippen molar-refractivity contribution in [1.82, 2.24) is 30.5 Å². The smallest absolute Gasteiger partial charge is 0.274 e. The van der Waals surface area contributed by atoms with E-state index < -0.39 is 0 Å². The van der Waals surface area contributed by atoms with Crippen molar-refractivity contribution in [1.29, 1.82) is 0 Å². The molecule has 0 radical (unpaired) electrons. The molecular weight excluding hydrogens is 618 g/mol. The lowest BCUT2D eigenvalue weighted by atomic mass is 10.0. The first-order valence-electron chi connectivity index (χ1n) is 15.7. The van der Waals surface area contributed by atoms with E-state index in [2.05, 4.69) is 30.8 Å². The van der Waals surface area contributed by atoms with E-state index in [0.717, 1.165) is 41.6 Å². The molecule has 0 bridgehead atoms. The molecule has 3 aromatic heterocycles. The van der Waals surface area contributed by atoms with E-state index in [1.807, 2.05) is 49.4 Å². The van der Waals surface area contributed by atoms with Crippen molar-refractivity contribution in [2.75, 3.05) is 32.1 Å². The predicted molar refractivity (Wildman–Crippen MR) is 180 cm³/mol. The van der Waals surface area contributed by atoms with Gasteiger partial charge in [-0.3, -0.25) is 24.5 Å². The summed E-state index contributed by atoms with van der Waals surface area (Å²) < 4.78 is 5.61. The quantitative estimate of drug-likeness (QED) is 0.185. The minimum absolute atomic E-state index is 0.0931. The number of anilines is 1. The number of nitrogens with zero attached hydrogens (tertiary/aromatic N) is 4. The number of halogens is 1. The molecule has 2 aliphatic heterocycles. The molecule has 47 heavy (non-hydrogen) atoms. The van der Waals surface area contributed by atoms with Gasteiger partial charge in [-0.1, -0.05) is 35.9 Å². The molecule has 1 aromatic carbocycles. The van der Waals surface area contributed by atoms with Crippen LogP contribution in [0.5, 0.6) is 5.88 Å². The van der Waals surface area contributed by atoms with Crippen molar-refractivity contribution in [3.63, 3.8) is 0 Å². The SMILES string of the molecule is COc1nc(-c2ccnc(-c3cccc(NC(=O)c4ccc(CN5CCC(O)C5)cn4)c3C)c2Cl)ccc1CNCC1CCC(=O)N1. The maximum Gasteiger partial charge on any atom is 0.274 e. The molecule has 2 aliphatic rings. The molecule has 2 amide bonds. The molecule has 2 unspecified atom stereocenters. The lowest BCUT2D eigenvalue weighted by Crippen LogP contribution is -2.35. The highest BCUT2D eigenvalue weighted by molar-refractivity contribution is 6.35. The second-order valence-electron chi connectivity index (χ2n) is 12.0. The Bertz CT molecular complexity index is 1770. The zero-order valence-corrected chi connectivity index (χ0v) is 27.2. The minimum Gasteiger partial charge on any atom is -0.481 e. The highest BCUT2D eigenvalue weighted by Crippen LogP contribution is 2.38. The topological polar surface area (TPSA) is 142 Å². The molecule has 4 N–H and O–H groups in total. The fourth-order valence-corrected chi connectivity index (χ4v) is 6.36. The van der Waals surface area contributed by atoms with Gasteiger partial charge < -0.3 is 25.8 Å². The van der Waals surface area contributed by atoms with E-state index in [4.69, 9.17) is 21.3 Å². The number of β-amino-alcohol motifs (C(OH)–C–C–N with tert-alkyl or cyclic N) is 1. The summed E-state index contributed by atoms with van der Waals surface area (Å²) in [6.45, 7) is 5.31. The normalized spacial score (nSPS) is 17.9. The second-order valence-corrected chi connectivity index (χ2v) is 12.4. The van der Waals surface area contributed by atoms with Gasteiger partial charge in [-0.2, -0.15) is 0 Å². The average Bonchev–Trinajstić information content (AvgIpc) is 3.69. The number of aliphatic hydroxyl groups excluding tert-OH is 1. The number of hydrogen-bond acceptors (Lipinski definition) is 9. The van der Waals surface area contributed by atoms with E-state index in [9.17, 15) is 14.7 Å². The number of pyridine rings is 3. The summed E-state index contributed by atoms with van der Waals surface area (Å²) in [5.74, 6) is 0.257. The monoisotopic (exact) mass is 655 g/mol. The highest BCUT2D eigenvalue weighted by Gasteiger charge is 2.22. The molecule has 0 saturated carbocycles. The van der Waals surface area contributed by atoms with Crippen molar-refractivity contribution in [2.24, 2.45) is 0 Å². The van der Waals surface area contributed by atoms with Gasteiger partial charge in [-0.15, -0.1) is 0 Å². The number of nitrogens with one attached hydrogen (secondary N) is 3. The molecule has 2 fully saturated rings. The number of amides is 2. The number of aromatic nitrogens is 3. The highest BCUT2D eigenvalue weighted by atomic mass is 35.5. The Balaban J connectivity index is 1.16. The third-order valence-corrected chi connectivity index (χ3v) is 9.02. The van der Waals surface area contributed by atoms with Crippen molar-refractivity contribution < 1.29 is 19.4 Å². The molecule has 2 atom stereocenters. The van der Waals surface area contributed by atoms with Crippen LogP contribution in [0.3, 0.4) is 0 Å². The Morgan fingerprint density at radius 3 is 2.72 bits per heavy atom. The van der Waals surface area contributed by atoms with Crippen LogP contribution in [-0.4, -0.2) is 75.7 Å². The lowest BCUT2D eigenvalue weighted by molar-refractivity contribution is -0.119. The summed E-state index contributed by atoms with van der Waals surface area (Å²) in [5, 5.41) is 19.5. The molecular formula is C35H38ClN7O4. The molecule has 12 heteroatoms. The van der Waals surface area contributed by atoms with Gasteiger partial charge in [0.05, 0.1) is 29.6 Å². The van der Waals surface area contributed by atoms with Crippen molar-refractivity contribution in [3.05, 3.63) is 88.3 Å². The number of carbonyl (C=O) groups is 2. The maximum atomic E-state index is 13.2. The number of methoxy groups -OCH3 is 1. The Labute approximate surface area is 278 Å². The Kier molecular flexibility index (Phi) is 10.1. The van der Waals surface area contributed by atoms with Crippen LogP contribution < -0.4 is 20.7 Å². The van der Waals surface area contributed by atoms with Crippen LogP contribution >= 0.6 is 11.6 Å². The van der Waals surface area contributed by atoms with Crippen LogP contribution in [0.15, 0.2) is 60.9 Å². The van der Waals surface area contributed by atoms with Gasteiger partial charge in [-0.25, -0.2) is 4.98 Å². The Morgan fingerprint density at radius 2 is 2.00 bits per heavy atom. The van der Waals surface area contributed by atoms with E-state index in [1.54, 1.807) is 25.6 Å². The molecule has 0 aliphatic carbocycles. The zero-order valence-electron chi connectivity index (χ0n) is 26.4. The number of likely N-dealkylation sites (tertiary alicyclic amines) is 1. The van der Waals surface area contributed by atoms with Crippen LogP contribution in [0.4, 0.5) is 5.69 Å². The third kappa shape index (κ3) is 7.60. The lowest BCUT2D eigenvalue weighted by Gasteiger charge is -2.16. The molecule has 2 saturated heterocycles. The van der Waals surface area contributed by atoms with Crippen LogP contribution in [0, 0.1) is 6.92 Å². The summed E-state index contributed by atoms with van der Waals surface area (Å²) in [6, 6.07) is 15.0. The van der Waals surface area contributed by atoms with E-state index >= 15 is 0 Å². The molecule has 5 heterocycles. The summed E-state index contributed by atoms with van der Waals surface area (Å²) in [6.07, 6.45) is 5.29. The number of carbonyl (C=O) groups excluding carboxylic acids is 2. The van der Waals surface area contributed by atoms with Gasteiger partial charge in [0.2, 0.25) is 11.8 Å². The zero-order chi connectivity index (χ0) is 32.9. The van der Waals surface area contributed by atoms with Crippen LogP contribution in [0.25, 0.3) is 22.5 Å².